The van der Waals surface area contributed by atoms with Crippen LogP contribution in [0.5, 0.6) is 23.0 Å². The molecule has 5 nitrogen and oxygen atoms in total. The largest absolute Gasteiger partial charge is 1.00 e. The summed E-state index contributed by atoms with van der Waals surface area (Å²) in [6.07, 6.45) is 3.00. The highest BCUT2D eigenvalue weighted by Gasteiger charge is 2.05. The summed E-state index contributed by atoms with van der Waals surface area (Å²) < 4.78 is 17.4. The summed E-state index contributed by atoms with van der Waals surface area (Å²) in [5.41, 5.74) is 6.33. The highest BCUT2D eigenvalue weighted by atomic mass is 35.5. The van der Waals surface area contributed by atoms with Gasteiger partial charge in [-0.2, -0.15) is 0 Å². The van der Waals surface area contributed by atoms with Crippen LogP contribution in [-0.4, -0.2) is 24.7 Å². The van der Waals surface area contributed by atoms with Crippen molar-refractivity contribution in [3.63, 3.8) is 0 Å². The maximum Gasteiger partial charge on any atom is 0.127 e. The number of rotatable bonds is 9. The van der Waals surface area contributed by atoms with Gasteiger partial charge < -0.3 is 37.3 Å². The van der Waals surface area contributed by atoms with Crippen molar-refractivity contribution in [2.45, 2.75) is 6.42 Å². The van der Waals surface area contributed by atoms with Gasteiger partial charge in [0.1, 0.15) is 36.2 Å². The van der Waals surface area contributed by atoms with Crippen LogP contribution in [0.3, 0.4) is 0 Å². The van der Waals surface area contributed by atoms with E-state index in [0.29, 0.717) is 13.2 Å². The lowest BCUT2D eigenvalue weighted by atomic mass is 10.1. The minimum atomic E-state index is 0. The molecule has 0 spiro atoms. The Hall–Kier alpha value is -3.15. The van der Waals surface area contributed by atoms with Crippen LogP contribution in [0.4, 0.5) is 0 Å². The first-order valence-electron chi connectivity index (χ1n) is 9.79. The maximum absolute atomic E-state index is 5.86. The second-order valence-corrected chi connectivity index (χ2v) is 6.71. The van der Waals surface area contributed by atoms with Gasteiger partial charge in [0.05, 0.1) is 6.54 Å². The number of benzene rings is 3. The SMILES string of the molecule is [Cl-].[NH3+]CCc1c[nH]c2ccc(OCCOc3ccc(Oc4ccccc4)cc3)cc12. The van der Waals surface area contributed by atoms with Crippen molar-refractivity contribution < 1.29 is 32.4 Å². The molecule has 6 heteroatoms. The van der Waals surface area contributed by atoms with Crippen LogP contribution >= 0.6 is 0 Å². The van der Waals surface area contributed by atoms with Crippen LogP contribution in [0.2, 0.25) is 0 Å². The molecule has 4 rings (SSSR count). The zero-order valence-corrected chi connectivity index (χ0v) is 17.4. The lowest BCUT2D eigenvalue weighted by Gasteiger charge is -2.10. The van der Waals surface area contributed by atoms with Crippen molar-refractivity contribution in [2.75, 3.05) is 19.8 Å². The molecule has 0 fully saturated rings. The van der Waals surface area contributed by atoms with E-state index < -0.39 is 0 Å². The van der Waals surface area contributed by atoms with Crippen molar-refractivity contribution in [3.8, 4) is 23.0 Å². The molecule has 156 valence electrons. The highest BCUT2D eigenvalue weighted by molar-refractivity contribution is 5.84. The van der Waals surface area contributed by atoms with E-state index in [1.807, 2.05) is 72.9 Å². The van der Waals surface area contributed by atoms with E-state index in [4.69, 9.17) is 14.2 Å². The van der Waals surface area contributed by atoms with E-state index in [2.05, 4.69) is 16.8 Å². The van der Waals surface area contributed by atoms with Crippen molar-refractivity contribution in [1.29, 1.82) is 0 Å². The first-order chi connectivity index (χ1) is 14.3. The molecule has 1 aromatic heterocycles. The van der Waals surface area contributed by atoms with Crippen LogP contribution < -0.4 is 32.4 Å². The Morgan fingerprint density at radius 3 is 2.10 bits per heavy atom. The maximum atomic E-state index is 5.86. The topological polar surface area (TPSA) is 71.1 Å². The number of hydrogen-bond acceptors (Lipinski definition) is 3. The van der Waals surface area contributed by atoms with Crippen LogP contribution in [0.25, 0.3) is 10.9 Å². The predicted octanol–water partition coefficient (Wildman–Crippen LogP) is 1.21. The molecule has 1 heterocycles. The standard InChI is InChI=1S/C24H24N2O3.ClH/c25-13-12-18-17-26-24-11-10-22(16-23(18)24)28-15-14-27-19-6-8-21(9-7-19)29-20-4-2-1-3-5-20;/h1-11,16-17,26H,12-15,25H2;1H. The Bertz CT molecular complexity index is 1050. The van der Waals surface area contributed by atoms with Crippen molar-refractivity contribution in [1.82, 2.24) is 4.98 Å². The minimum absolute atomic E-state index is 0. The van der Waals surface area contributed by atoms with Gasteiger partial charge in [0.25, 0.3) is 0 Å². The molecule has 0 aliphatic carbocycles. The average molecular weight is 425 g/mol. The Morgan fingerprint density at radius 1 is 0.733 bits per heavy atom. The molecule has 0 saturated carbocycles. The fourth-order valence-electron chi connectivity index (χ4n) is 3.19. The van der Waals surface area contributed by atoms with Gasteiger partial charge in [-0.05, 0) is 60.2 Å². The zero-order chi connectivity index (χ0) is 19.9. The van der Waals surface area contributed by atoms with Crippen molar-refractivity contribution >= 4 is 10.9 Å². The van der Waals surface area contributed by atoms with Gasteiger partial charge >= 0.3 is 0 Å². The van der Waals surface area contributed by atoms with Gasteiger partial charge in [0, 0.05) is 23.5 Å². The number of aromatic amines is 1. The van der Waals surface area contributed by atoms with E-state index in [1.165, 1.54) is 10.9 Å². The molecule has 0 atom stereocenters. The number of hydrogen-bond donors (Lipinski definition) is 2. The molecular formula is C24H25ClN2O3. The summed E-state index contributed by atoms with van der Waals surface area (Å²) >= 11 is 0. The van der Waals surface area contributed by atoms with E-state index in [9.17, 15) is 0 Å². The number of halogens is 1. The second-order valence-electron chi connectivity index (χ2n) is 6.71. The number of fused-ring (bicyclic) bond motifs is 1. The number of aromatic nitrogens is 1. The molecule has 0 radical (unpaired) electrons. The van der Waals surface area contributed by atoms with Gasteiger partial charge in [0.2, 0.25) is 0 Å². The summed E-state index contributed by atoms with van der Waals surface area (Å²) in [5, 5.41) is 1.20. The van der Waals surface area contributed by atoms with E-state index in [0.717, 1.165) is 41.5 Å². The second kappa shape index (κ2) is 10.6. The van der Waals surface area contributed by atoms with Crippen molar-refractivity contribution in [3.05, 3.63) is 84.6 Å². The summed E-state index contributed by atoms with van der Waals surface area (Å²) in [4.78, 5) is 3.29. The van der Waals surface area contributed by atoms with Crippen LogP contribution in [-0.2, 0) is 6.42 Å². The van der Waals surface area contributed by atoms with Crippen LogP contribution in [0.1, 0.15) is 5.56 Å². The van der Waals surface area contributed by atoms with Crippen LogP contribution in [0.15, 0.2) is 79.0 Å². The molecule has 0 saturated heterocycles. The molecule has 0 unspecified atom stereocenters. The Morgan fingerprint density at radius 2 is 1.37 bits per heavy atom. The number of para-hydroxylation sites is 1. The molecule has 0 aliphatic rings. The Kier molecular flexibility index (Phi) is 7.60. The number of H-pyrrole nitrogens is 1. The summed E-state index contributed by atoms with van der Waals surface area (Å²) in [6.45, 7) is 1.82. The monoisotopic (exact) mass is 424 g/mol. The van der Waals surface area contributed by atoms with E-state index in [1.54, 1.807) is 0 Å². The van der Waals surface area contributed by atoms with Crippen molar-refractivity contribution in [2.24, 2.45) is 0 Å². The predicted molar refractivity (Wildman–Crippen MR) is 114 cm³/mol. The third-order valence-corrected chi connectivity index (χ3v) is 4.61. The quantitative estimate of drug-likeness (QED) is 0.397. The molecule has 30 heavy (non-hydrogen) atoms. The lowest BCUT2D eigenvalue weighted by Crippen LogP contribution is -3.00. The first kappa shape index (κ1) is 21.6. The minimum Gasteiger partial charge on any atom is -1.00 e. The van der Waals surface area contributed by atoms with Gasteiger partial charge in [-0.25, -0.2) is 0 Å². The Labute approximate surface area is 182 Å². The molecule has 3 aromatic carbocycles. The first-order valence-corrected chi connectivity index (χ1v) is 9.79. The van der Waals surface area contributed by atoms with Gasteiger partial charge in [0.15, 0.2) is 0 Å². The fraction of sp³-hybridized carbons (Fsp3) is 0.167. The smallest absolute Gasteiger partial charge is 0.127 e. The van der Waals surface area contributed by atoms with Gasteiger partial charge in [-0.15, -0.1) is 0 Å². The van der Waals surface area contributed by atoms with E-state index >= 15 is 0 Å². The van der Waals surface area contributed by atoms with Gasteiger partial charge in [-0.1, -0.05) is 18.2 Å². The molecule has 4 aromatic rings. The third-order valence-electron chi connectivity index (χ3n) is 4.61. The van der Waals surface area contributed by atoms with Crippen LogP contribution in [0, 0.1) is 0 Å². The highest BCUT2D eigenvalue weighted by Crippen LogP contribution is 2.25. The molecular weight excluding hydrogens is 400 g/mol. The lowest BCUT2D eigenvalue weighted by molar-refractivity contribution is -0.366. The zero-order valence-electron chi connectivity index (χ0n) is 16.6. The van der Waals surface area contributed by atoms with Gasteiger partial charge in [-0.3, -0.25) is 0 Å². The Balaban J connectivity index is 0.00000256. The summed E-state index contributed by atoms with van der Waals surface area (Å²) in [5.74, 6) is 3.22. The molecule has 0 aliphatic heterocycles. The number of quaternary nitrogens is 1. The van der Waals surface area contributed by atoms with E-state index in [-0.39, 0.29) is 12.4 Å². The summed E-state index contributed by atoms with van der Waals surface area (Å²) in [6, 6.07) is 23.4. The molecule has 4 N–H and O–H groups in total. The number of ether oxygens (including phenoxy) is 3. The average Bonchev–Trinajstić information content (AvgIpc) is 3.16. The normalized spacial score (nSPS) is 10.4. The summed E-state index contributed by atoms with van der Waals surface area (Å²) in [7, 11) is 0. The number of nitrogens with one attached hydrogen (secondary N) is 1. The molecule has 0 amide bonds. The molecule has 0 bridgehead atoms. The third kappa shape index (κ3) is 5.47. The fourth-order valence-corrected chi connectivity index (χ4v) is 3.19.